The maximum absolute atomic E-state index is 11.6. The van der Waals surface area contributed by atoms with Crippen molar-refractivity contribution in [3.63, 3.8) is 0 Å². The molecule has 1 saturated heterocycles. The zero-order chi connectivity index (χ0) is 14.4. The fourth-order valence-corrected chi connectivity index (χ4v) is 2.66. The van der Waals surface area contributed by atoms with Gasteiger partial charge in [-0.3, -0.25) is 4.79 Å². The van der Waals surface area contributed by atoms with Crippen LogP contribution < -0.4 is 10.6 Å². The van der Waals surface area contributed by atoms with Gasteiger partial charge in [-0.2, -0.15) is 0 Å². The van der Waals surface area contributed by atoms with Crippen LogP contribution in [0.25, 0.3) is 0 Å². The molecule has 1 aromatic carbocycles. The van der Waals surface area contributed by atoms with Crippen LogP contribution in [0, 0.1) is 0 Å². The van der Waals surface area contributed by atoms with E-state index >= 15 is 0 Å². The Morgan fingerprint density at radius 3 is 3.05 bits per heavy atom. The summed E-state index contributed by atoms with van der Waals surface area (Å²) in [5, 5.41) is 6.18. The van der Waals surface area contributed by atoms with Crippen LogP contribution in [0.15, 0.2) is 24.3 Å². The molecule has 20 heavy (non-hydrogen) atoms. The molecule has 1 amide bonds. The number of hydrogen-bond donors (Lipinski definition) is 2. The molecule has 4 nitrogen and oxygen atoms in total. The van der Waals surface area contributed by atoms with Crippen molar-refractivity contribution in [3.05, 3.63) is 29.8 Å². The molecule has 2 atom stereocenters. The first-order valence-electron chi connectivity index (χ1n) is 7.43. The van der Waals surface area contributed by atoms with E-state index in [1.165, 1.54) is 0 Å². The minimum Gasteiger partial charge on any atom is -0.382 e. The highest BCUT2D eigenvalue weighted by Gasteiger charge is 2.21. The van der Waals surface area contributed by atoms with Gasteiger partial charge >= 0.3 is 0 Å². The number of nitrogens with one attached hydrogen (secondary N) is 2. The van der Waals surface area contributed by atoms with E-state index in [1.807, 2.05) is 24.3 Å². The molecule has 1 aliphatic heterocycles. The van der Waals surface area contributed by atoms with Crippen molar-refractivity contribution in [2.75, 3.05) is 19.0 Å². The van der Waals surface area contributed by atoms with E-state index in [4.69, 9.17) is 4.74 Å². The van der Waals surface area contributed by atoms with Gasteiger partial charge in [0.2, 0.25) is 0 Å². The predicted octanol–water partition coefficient (Wildman–Crippen LogP) is 2.81. The lowest BCUT2D eigenvalue weighted by atomic mass is 9.99. The summed E-state index contributed by atoms with van der Waals surface area (Å²) in [5.41, 5.74) is 1.70. The Bertz CT molecular complexity index is 446. The minimum atomic E-state index is -0.0514. The molecule has 1 fully saturated rings. The molecule has 110 valence electrons. The largest absolute Gasteiger partial charge is 0.382 e. The summed E-state index contributed by atoms with van der Waals surface area (Å²) in [6, 6.07) is 8.09. The first kappa shape index (κ1) is 14.9. The van der Waals surface area contributed by atoms with Gasteiger partial charge in [-0.05, 0) is 37.5 Å². The van der Waals surface area contributed by atoms with Crippen LogP contribution in [-0.2, 0) is 4.74 Å². The zero-order valence-electron chi connectivity index (χ0n) is 12.3. The molecule has 2 rings (SSSR count). The van der Waals surface area contributed by atoms with Crippen LogP contribution in [0.2, 0.25) is 0 Å². The van der Waals surface area contributed by atoms with Gasteiger partial charge in [0.05, 0.1) is 6.10 Å². The van der Waals surface area contributed by atoms with E-state index in [-0.39, 0.29) is 5.91 Å². The highest BCUT2D eigenvalue weighted by molar-refractivity contribution is 5.94. The molecular formula is C16H24N2O2. The van der Waals surface area contributed by atoms with Gasteiger partial charge in [0.1, 0.15) is 0 Å². The number of amides is 1. The second kappa shape index (κ2) is 7.29. The van der Waals surface area contributed by atoms with E-state index in [0.29, 0.717) is 17.7 Å². The summed E-state index contributed by atoms with van der Waals surface area (Å²) in [7, 11) is 1.65. The highest BCUT2D eigenvalue weighted by Crippen LogP contribution is 2.22. The van der Waals surface area contributed by atoms with Crippen LogP contribution in [0.4, 0.5) is 5.69 Å². The standard InChI is InChI=1S/C16H24N2O2/c1-3-5-15-11-14(8-9-20-15)18-13-7-4-6-12(10-13)16(19)17-2/h4,6-7,10,14-15,18H,3,5,8-9,11H2,1-2H3,(H,17,19). The SMILES string of the molecule is CCCC1CC(Nc2cccc(C(=O)NC)c2)CCO1. The Labute approximate surface area is 120 Å². The van der Waals surface area contributed by atoms with Gasteiger partial charge in [-0.25, -0.2) is 0 Å². The first-order valence-corrected chi connectivity index (χ1v) is 7.43. The molecule has 2 N–H and O–H groups in total. The van der Waals surface area contributed by atoms with Gasteiger partial charge < -0.3 is 15.4 Å². The number of carbonyl (C=O) groups is 1. The lowest BCUT2D eigenvalue weighted by Gasteiger charge is -2.30. The van der Waals surface area contributed by atoms with Crippen LogP contribution >= 0.6 is 0 Å². The number of anilines is 1. The van der Waals surface area contributed by atoms with Crippen molar-refractivity contribution in [1.29, 1.82) is 0 Å². The van der Waals surface area contributed by atoms with Gasteiger partial charge in [0, 0.05) is 30.9 Å². The smallest absolute Gasteiger partial charge is 0.251 e. The average Bonchev–Trinajstić information content (AvgIpc) is 2.47. The number of rotatable bonds is 5. The maximum Gasteiger partial charge on any atom is 0.251 e. The minimum absolute atomic E-state index is 0.0514. The van der Waals surface area contributed by atoms with E-state index < -0.39 is 0 Å². The molecule has 1 aromatic rings. The molecule has 0 bridgehead atoms. The van der Waals surface area contributed by atoms with Crippen LogP contribution in [0.5, 0.6) is 0 Å². The number of hydrogen-bond acceptors (Lipinski definition) is 3. The molecule has 0 saturated carbocycles. The fourth-order valence-electron chi connectivity index (χ4n) is 2.66. The summed E-state index contributed by atoms with van der Waals surface area (Å²) < 4.78 is 5.76. The van der Waals surface area contributed by atoms with Gasteiger partial charge in [0.25, 0.3) is 5.91 Å². The Balaban J connectivity index is 1.97. The van der Waals surface area contributed by atoms with Crippen molar-refractivity contribution in [3.8, 4) is 0 Å². The molecular weight excluding hydrogens is 252 g/mol. The molecule has 0 spiro atoms. The van der Waals surface area contributed by atoms with Gasteiger partial charge in [0.15, 0.2) is 0 Å². The Kier molecular flexibility index (Phi) is 5.41. The van der Waals surface area contributed by atoms with E-state index in [9.17, 15) is 4.79 Å². The summed E-state index contributed by atoms with van der Waals surface area (Å²) >= 11 is 0. The fraction of sp³-hybridized carbons (Fsp3) is 0.562. The molecule has 2 unspecified atom stereocenters. The number of carbonyl (C=O) groups excluding carboxylic acids is 1. The number of ether oxygens (including phenoxy) is 1. The lowest BCUT2D eigenvalue weighted by molar-refractivity contribution is 0.00597. The summed E-state index contributed by atoms with van der Waals surface area (Å²) in [6.07, 6.45) is 4.70. The Morgan fingerprint density at radius 1 is 1.45 bits per heavy atom. The van der Waals surface area contributed by atoms with Crippen molar-refractivity contribution in [1.82, 2.24) is 5.32 Å². The average molecular weight is 276 g/mol. The Hall–Kier alpha value is -1.55. The third-order valence-corrected chi connectivity index (χ3v) is 3.70. The quantitative estimate of drug-likeness (QED) is 0.869. The molecule has 1 aliphatic rings. The van der Waals surface area contributed by atoms with Crippen molar-refractivity contribution in [2.45, 2.75) is 44.8 Å². The summed E-state index contributed by atoms with van der Waals surface area (Å²) in [6.45, 7) is 3.00. The van der Waals surface area contributed by atoms with E-state index in [2.05, 4.69) is 17.6 Å². The second-order valence-electron chi connectivity index (χ2n) is 5.31. The monoisotopic (exact) mass is 276 g/mol. The lowest BCUT2D eigenvalue weighted by Crippen LogP contribution is -2.34. The van der Waals surface area contributed by atoms with Gasteiger partial charge in [-0.15, -0.1) is 0 Å². The third-order valence-electron chi connectivity index (χ3n) is 3.70. The van der Waals surface area contributed by atoms with E-state index in [0.717, 1.165) is 38.0 Å². The third kappa shape index (κ3) is 3.97. The van der Waals surface area contributed by atoms with Crippen LogP contribution in [-0.4, -0.2) is 31.7 Å². The van der Waals surface area contributed by atoms with Crippen LogP contribution in [0.1, 0.15) is 43.0 Å². The molecule has 0 aliphatic carbocycles. The maximum atomic E-state index is 11.6. The van der Waals surface area contributed by atoms with Crippen molar-refractivity contribution in [2.24, 2.45) is 0 Å². The molecule has 4 heteroatoms. The topological polar surface area (TPSA) is 50.4 Å². The number of benzene rings is 1. The van der Waals surface area contributed by atoms with Crippen molar-refractivity contribution < 1.29 is 9.53 Å². The molecule has 0 radical (unpaired) electrons. The van der Waals surface area contributed by atoms with Crippen LogP contribution in [0.3, 0.4) is 0 Å². The highest BCUT2D eigenvalue weighted by atomic mass is 16.5. The summed E-state index contributed by atoms with van der Waals surface area (Å²) in [4.78, 5) is 11.6. The van der Waals surface area contributed by atoms with Crippen molar-refractivity contribution >= 4 is 11.6 Å². The molecule has 1 heterocycles. The normalized spacial score (nSPS) is 22.3. The van der Waals surface area contributed by atoms with Gasteiger partial charge in [-0.1, -0.05) is 19.4 Å². The zero-order valence-corrected chi connectivity index (χ0v) is 12.3. The summed E-state index contributed by atoms with van der Waals surface area (Å²) in [5.74, 6) is -0.0514. The predicted molar refractivity (Wildman–Crippen MR) is 81.1 cm³/mol. The first-order chi connectivity index (χ1) is 9.72. The van der Waals surface area contributed by atoms with E-state index in [1.54, 1.807) is 7.05 Å². The molecule has 0 aromatic heterocycles. The Morgan fingerprint density at radius 2 is 2.30 bits per heavy atom. The second-order valence-corrected chi connectivity index (χ2v) is 5.31.